The van der Waals surface area contributed by atoms with Crippen molar-refractivity contribution in [1.82, 2.24) is 9.78 Å². The molecule has 0 bridgehead atoms. The van der Waals surface area contributed by atoms with Gasteiger partial charge in [-0.2, -0.15) is 5.10 Å². The Hall–Kier alpha value is -3.49. The minimum absolute atomic E-state index is 0.175. The molecule has 9 heteroatoms. The fourth-order valence-corrected chi connectivity index (χ4v) is 2.56. The van der Waals surface area contributed by atoms with Crippen LogP contribution in [0.4, 0.5) is 11.4 Å². The molecule has 0 radical (unpaired) electrons. The number of aromatic nitrogens is 2. The zero-order chi connectivity index (χ0) is 21.0. The molecular formula is C19H22N4O5. The Balaban J connectivity index is 1.98. The third kappa shape index (κ3) is 4.81. The van der Waals surface area contributed by atoms with E-state index >= 15 is 0 Å². The molecule has 0 spiro atoms. The van der Waals surface area contributed by atoms with Crippen LogP contribution in [0.1, 0.15) is 35.6 Å². The number of aryl methyl sites for hydroxylation is 2. The number of esters is 1. The van der Waals surface area contributed by atoms with Crippen LogP contribution in [-0.2, 0) is 26.2 Å². The van der Waals surface area contributed by atoms with E-state index < -0.39 is 23.8 Å². The Labute approximate surface area is 162 Å². The normalized spacial score (nSPS) is 11.5. The van der Waals surface area contributed by atoms with Gasteiger partial charge in [0.25, 0.3) is 11.7 Å². The molecule has 0 saturated carbocycles. The van der Waals surface area contributed by atoms with Gasteiger partial charge in [-0.1, -0.05) is 0 Å². The fourth-order valence-electron chi connectivity index (χ4n) is 2.56. The van der Waals surface area contributed by atoms with E-state index in [0.717, 1.165) is 0 Å². The van der Waals surface area contributed by atoms with E-state index in [1.807, 2.05) is 0 Å². The molecule has 0 aliphatic carbocycles. The smallest absolute Gasteiger partial charge is 0.380 e. The highest BCUT2D eigenvalue weighted by atomic mass is 16.6. The number of Topliss-reactive ketones (excluding diaryl/α,β-unsaturated/α-hetero) is 1. The number of carbonyl (C=O) groups is 4. The molecule has 9 nitrogen and oxygen atoms in total. The van der Waals surface area contributed by atoms with Crippen molar-refractivity contribution in [3.63, 3.8) is 0 Å². The highest BCUT2D eigenvalue weighted by Crippen LogP contribution is 2.16. The van der Waals surface area contributed by atoms with Gasteiger partial charge in [0.05, 0.1) is 11.3 Å². The third-order valence-electron chi connectivity index (χ3n) is 4.05. The van der Waals surface area contributed by atoms with E-state index in [-0.39, 0.29) is 11.5 Å². The second-order valence-corrected chi connectivity index (χ2v) is 6.29. The summed E-state index contributed by atoms with van der Waals surface area (Å²) in [5.41, 5.74) is 2.16. The van der Waals surface area contributed by atoms with Gasteiger partial charge in [-0.3, -0.25) is 19.1 Å². The molecule has 0 fully saturated rings. The fraction of sp³-hybridized carbons (Fsp3) is 0.316. The molecule has 0 aliphatic heterocycles. The molecule has 2 N–H and O–H groups in total. The van der Waals surface area contributed by atoms with E-state index in [1.54, 1.807) is 45.2 Å². The summed E-state index contributed by atoms with van der Waals surface area (Å²) >= 11 is 0. The summed E-state index contributed by atoms with van der Waals surface area (Å²) in [6.45, 7) is 6.05. The molecule has 1 atom stereocenters. The average Bonchev–Trinajstić information content (AvgIpc) is 2.87. The number of rotatable bonds is 6. The van der Waals surface area contributed by atoms with Crippen molar-refractivity contribution in [2.75, 3.05) is 10.6 Å². The lowest BCUT2D eigenvalue weighted by Crippen LogP contribution is -2.32. The minimum atomic E-state index is -1.18. The first kappa shape index (κ1) is 20.8. The lowest BCUT2D eigenvalue weighted by Gasteiger charge is -2.13. The number of nitrogens with zero attached hydrogens (tertiary/aromatic N) is 2. The monoisotopic (exact) mass is 386 g/mol. The van der Waals surface area contributed by atoms with Gasteiger partial charge in [-0.15, -0.1) is 0 Å². The van der Waals surface area contributed by atoms with Gasteiger partial charge >= 0.3 is 5.97 Å². The number of benzene rings is 1. The first-order valence-corrected chi connectivity index (χ1v) is 8.54. The van der Waals surface area contributed by atoms with Crippen molar-refractivity contribution < 1.29 is 23.9 Å². The van der Waals surface area contributed by atoms with E-state index in [2.05, 4.69) is 15.7 Å². The maximum absolute atomic E-state index is 12.3. The van der Waals surface area contributed by atoms with Crippen molar-refractivity contribution in [3.8, 4) is 0 Å². The lowest BCUT2D eigenvalue weighted by atomic mass is 10.1. The quantitative estimate of drug-likeness (QED) is 0.443. The van der Waals surface area contributed by atoms with Gasteiger partial charge in [0, 0.05) is 31.0 Å². The predicted octanol–water partition coefficient (Wildman–Crippen LogP) is 1.75. The first-order chi connectivity index (χ1) is 13.1. The first-order valence-electron chi connectivity index (χ1n) is 8.54. The number of hydrogen-bond acceptors (Lipinski definition) is 6. The summed E-state index contributed by atoms with van der Waals surface area (Å²) < 4.78 is 6.50. The molecular weight excluding hydrogens is 364 g/mol. The van der Waals surface area contributed by atoms with E-state index in [0.29, 0.717) is 22.8 Å². The zero-order valence-corrected chi connectivity index (χ0v) is 16.3. The number of ether oxygens (including phenoxy) is 1. The largest absolute Gasteiger partial charge is 0.447 e. The van der Waals surface area contributed by atoms with Crippen LogP contribution < -0.4 is 10.6 Å². The van der Waals surface area contributed by atoms with Crippen LogP contribution in [0.2, 0.25) is 0 Å². The van der Waals surface area contributed by atoms with Crippen LogP contribution in [0.5, 0.6) is 0 Å². The van der Waals surface area contributed by atoms with Gasteiger partial charge in [0.1, 0.15) is 0 Å². The summed E-state index contributed by atoms with van der Waals surface area (Å²) in [4.78, 5) is 47.7. The second kappa shape index (κ2) is 8.47. The topological polar surface area (TPSA) is 119 Å². The van der Waals surface area contributed by atoms with E-state index in [4.69, 9.17) is 4.74 Å². The van der Waals surface area contributed by atoms with Gasteiger partial charge in [0.2, 0.25) is 5.91 Å². The third-order valence-corrected chi connectivity index (χ3v) is 4.05. The number of carbonyl (C=O) groups excluding carboxylic acids is 4. The van der Waals surface area contributed by atoms with Crippen molar-refractivity contribution in [2.24, 2.45) is 7.05 Å². The predicted molar refractivity (Wildman–Crippen MR) is 102 cm³/mol. The number of ketones is 1. The Morgan fingerprint density at radius 3 is 2.04 bits per heavy atom. The van der Waals surface area contributed by atoms with Crippen molar-refractivity contribution in [3.05, 3.63) is 41.2 Å². The molecule has 1 aromatic heterocycles. The Morgan fingerprint density at radius 2 is 1.57 bits per heavy atom. The van der Waals surface area contributed by atoms with Gasteiger partial charge < -0.3 is 15.4 Å². The molecule has 0 unspecified atom stereocenters. The summed E-state index contributed by atoms with van der Waals surface area (Å²) in [5.74, 6) is -2.76. The molecule has 2 amide bonds. The van der Waals surface area contributed by atoms with Crippen molar-refractivity contribution in [2.45, 2.75) is 33.8 Å². The molecule has 1 heterocycles. The maximum Gasteiger partial charge on any atom is 0.380 e. The highest BCUT2D eigenvalue weighted by Gasteiger charge is 2.28. The standard InChI is InChI=1S/C19H22N4O5/c1-10-16(11(2)23(5)22-10)17(25)19(27)28-12(3)18(26)21-15-8-6-14(7-9-15)20-13(4)24/h6-9,12H,1-5H3,(H,20,24)(H,21,26)/t12-/m1/s1. The number of nitrogens with one attached hydrogen (secondary N) is 2. The zero-order valence-electron chi connectivity index (χ0n) is 16.3. The summed E-state index contributed by atoms with van der Waals surface area (Å²) in [5, 5.41) is 9.28. The van der Waals surface area contributed by atoms with Gasteiger partial charge in [-0.25, -0.2) is 4.79 Å². The van der Waals surface area contributed by atoms with Crippen molar-refractivity contribution >= 4 is 34.9 Å². The SMILES string of the molecule is CC(=O)Nc1ccc(NC(=O)[C@@H](C)OC(=O)C(=O)c2c(C)nn(C)c2C)cc1. The summed E-state index contributed by atoms with van der Waals surface area (Å²) in [7, 11) is 1.66. The number of hydrogen-bond donors (Lipinski definition) is 2. The van der Waals surface area contributed by atoms with Crippen LogP contribution in [0, 0.1) is 13.8 Å². The average molecular weight is 386 g/mol. The van der Waals surface area contributed by atoms with Gasteiger partial charge in [0.15, 0.2) is 6.10 Å². The molecule has 2 rings (SSSR count). The second-order valence-electron chi connectivity index (χ2n) is 6.29. The minimum Gasteiger partial charge on any atom is -0.447 e. The van der Waals surface area contributed by atoms with Crippen LogP contribution in [0.3, 0.4) is 0 Å². The maximum atomic E-state index is 12.3. The molecule has 0 aliphatic rings. The van der Waals surface area contributed by atoms with Crippen molar-refractivity contribution in [1.29, 1.82) is 0 Å². The Kier molecular flexibility index (Phi) is 6.29. The molecule has 28 heavy (non-hydrogen) atoms. The summed E-state index contributed by atoms with van der Waals surface area (Å²) in [6.07, 6.45) is -1.18. The highest BCUT2D eigenvalue weighted by molar-refractivity contribution is 6.41. The number of anilines is 2. The Morgan fingerprint density at radius 1 is 1.04 bits per heavy atom. The molecule has 2 aromatic rings. The summed E-state index contributed by atoms with van der Waals surface area (Å²) in [6, 6.07) is 6.41. The van der Waals surface area contributed by atoms with Crippen LogP contribution in [0.15, 0.2) is 24.3 Å². The van der Waals surface area contributed by atoms with Crippen LogP contribution in [-0.4, -0.2) is 39.5 Å². The van der Waals surface area contributed by atoms with Gasteiger partial charge in [-0.05, 0) is 45.0 Å². The molecule has 0 saturated heterocycles. The Bertz CT molecular complexity index is 931. The van der Waals surface area contributed by atoms with E-state index in [9.17, 15) is 19.2 Å². The number of amides is 2. The lowest BCUT2D eigenvalue weighted by molar-refractivity contribution is -0.148. The van der Waals surface area contributed by atoms with E-state index in [1.165, 1.54) is 18.5 Å². The molecule has 148 valence electrons. The van der Waals surface area contributed by atoms with Crippen LogP contribution in [0.25, 0.3) is 0 Å². The van der Waals surface area contributed by atoms with Crippen LogP contribution >= 0.6 is 0 Å². The molecule has 1 aromatic carbocycles.